The number of esters is 1. The molecule has 0 radical (unpaired) electrons. The minimum Gasteiger partial charge on any atom is -0.488 e. The van der Waals surface area contributed by atoms with E-state index >= 15 is 0 Å². The molecule has 3 rings (SSSR count). The van der Waals surface area contributed by atoms with Crippen molar-refractivity contribution in [3.63, 3.8) is 0 Å². The van der Waals surface area contributed by atoms with Crippen molar-refractivity contribution in [2.45, 2.75) is 20.0 Å². The van der Waals surface area contributed by atoms with Crippen molar-refractivity contribution in [3.8, 4) is 5.75 Å². The van der Waals surface area contributed by atoms with Gasteiger partial charge in [0.1, 0.15) is 12.4 Å². The van der Waals surface area contributed by atoms with Gasteiger partial charge in [0.05, 0.1) is 31.6 Å². The molecule has 0 aliphatic rings. The number of methoxy groups -OCH3 is 1. The third kappa shape index (κ3) is 5.43. The van der Waals surface area contributed by atoms with Crippen LogP contribution in [0.2, 0.25) is 5.02 Å². The van der Waals surface area contributed by atoms with Gasteiger partial charge >= 0.3 is 5.97 Å². The molecule has 1 N–H and O–H groups in total. The highest BCUT2D eigenvalue weighted by molar-refractivity contribution is 6.31. The van der Waals surface area contributed by atoms with Gasteiger partial charge in [-0.25, -0.2) is 0 Å². The largest absolute Gasteiger partial charge is 0.488 e. The van der Waals surface area contributed by atoms with Crippen LogP contribution in [0.1, 0.15) is 18.1 Å². The second kappa shape index (κ2) is 10.2. The number of nitrogens with one attached hydrogen (secondary N) is 1. The van der Waals surface area contributed by atoms with Crippen LogP contribution in [-0.4, -0.2) is 32.8 Å². The number of anilines is 1. The first-order valence-corrected chi connectivity index (χ1v) is 9.79. The molecule has 0 aliphatic carbocycles. The summed E-state index contributed by atoms with van der Waals surface area (Å²) in [7, 11) is 1.65. The Balaban J connectivity index is 1.77. The van der Waals surface area contributed by atoms with E-state index in [1.807, 2.05) is 36.4 Å². The molecular formula is C22H24ClNO5. The van der Waals surface area contributed by atoms with E-state index in [1.165, 1.54) is 0 Å². The van der Waals surface area contributed by atoms with Crippen molar-refractivity contribution in [2.75, 3.05) is 32.2 Å². The van der Waals surface area contributed by atoms with Crippen LogP contribution in [0, 0.1) is 0 Å². The van der Waals surface area contributed by atoms with Crippen LogP contribution in [-0.2, 0) is 27.3 Å². The molecule has 0 aliphatic heterocycles. The van der Waals surface area contributed by atoms with Crippen LogP contribution in [0.15, 0.2) is 47.1 Å². The van der Waals surface area contributed by atoms with Gasteiger partial charge in [-0.15, -0.1) is 0 Å². The van der Waals surface area contributed by atoms with Crippen molar-refractivity contribution in [1.82, 2.24) is 0 Å². The van der Waals surface area contributed by atoms with Gasteiger partial charge < -0.3 is 23.9 Å². The molecular weight excluding hydrogens is 394 g/mol. The maximum absolute atomic E-state index is 11.8. The maximum atomic E-state index is 11.8. The average Bonchev–Trinajstić information content (AvgIpc) is 3.10. The fourth-order valence-electron chi connectivity index (χ4n) is 3.00. The zero-order valence-electron chi connectivity index (χ0n) is 16.5. The summed E-state index contributed by atoms with van der Waals surface area (Å²) >= 11 is 6.29. The van der Waals surface area contributed by atoms with E-state index in [1.54, 1.807) is 20.3 Å². The SMILES string of the molecule is CCOC(=O)Cc1ccccc1OCc1coc2c(NCCOC)cc(Cl)cc12. The third-order valence-electron chi connectivity index (χ3n) is 4.34. The Morgan fingerprint density at radius 1 is 1.21 bits per heavy atom. The molecule has 0 atom stereocenters. The summed E-state index contributed by atoms with van der Waals surface area (Å²) in [5.74, 6) is 0.353. The van der Waals surface area contributed by atoms with Crippen molar-refractivity contribution >= 4 is 34.2 Å². The van der Waals surface area contributed by atoms with Gasteiger partial charge in [0.15, 0.2) is 5.58 Å². The fourth-order valence-corrected chi connectivity index (χ4v) is 3.22. The van der Waals surface area contributed by atoms with E-state index in [4.69, 9.17) is 30.2 Å². The molecule has 0 unspecified atom stereocenters. The van der Waals surface area contributed by atoms with Crippen LogP contribution >= 0.6 is 11.6 Å². The lowest BCUT2D eigenvalue weighted by molar-refractivity contribution is -0.142. The van der Waals surface area contributed by atoms with Gasteiger partial charge in [0, 0.05) is 35.2 Å². The van der Waals surface area contributed by atoms with Crippen LogP contribution < -0.4 is 10.1 Å². The third-order valence-corrected chi connectivity index (χ3v) is 4.55. The lowest BCUT2D eigenvalue weighted by atomic mass is 10.1. The number of halogens is 1. The number of fused-ring (bicyclic) bond motifs is 1. The number of furan rings is 1. The smallest absolute Gasteiger partial charge is 0.310 e. The summed E-state index contributed by atoms with van der Waals surface area (Å²) < 4.78 is 21.9. The Kier molecular flexibility index (Phi) is 7.38. The summed E-state index contributed by atoms with van der Waals surface area (Å²) in [4.78, 5) is 11.8. The van der Waals surface area contributed by atoms with Gasteiger partial charge in [-0.3, -0.25) is 4.79 Å². The molecule has 1 aromatic heterocycles. The summed E-state index contributed by atoms with van der Waals surface area (Å²) in [6, 6.07) is 11.1. The predicted octanol–water partition coefficient (Wildman–Crippen LogP) is 4.83. The molecule has 1 heterocycles. The molecule has 7 heteroatoms. The second-order valence-corrected chi connectivity index (χ2v) is 6.83. The molecule has 0 spiro atoms. The topological polar surface area (TPSA) is 69.9 Å². The van der Waals surface area contributed by atoms with Gasteiger partial charge in [-0.05, 0) is 25.1 Å². The predicted molar refractivity (Wildman–Crippen MR) is 113 cm³/mol. The van der Waals surface area contributed by atoms with E-state index in [-0.39, 0.29) is 19.0 Å². The van der Waals surface area contributed by atoms with Gasteiger partial charge in [-0.1, -0.05) is 29.8 Å². The summed E-state index contributed by atoms with van der Waals surface area (Å²) in [5.41, 5.74) is 3.16. The molecule has 2 aromatic carbocycles. The second-order valence-electron chi connectivity index (χ2n) is 6.39. The van der Waals surface area contributed by atoms with E-state index in [0.717, 1.165) is 22.2 Å². The lowest BCUT2D eigenvalue weighted by Gasteiger charge is -2.11. The van der Waals surface area contributed by atoms with Gasteiger partial charge in [0.25, 0.3) is 0 Å². The molecule has 0 saturated carbocycles. The highest BCUT2D eigenvalue weighted by Gasteiger charge is 2.14. The first kappa shape index (κ1) is 21.0. The quantitative estimate of drug-likeness (QED) is 0.376. The minimum absolute atomic E-state index is 0.162. The normalized spacial score (nSPS) is 10.9. The fraction of sp³-hybridized carbons (Fsp3) is 0.318. The van der Waals surface area contributed by atoms with Crippen LogP contribution in [0.25, 0.3) is 11.0 Å². The first-order valence-electron chi connectivity index (χ1n) is 9.41. The van der Waals surface area contributed by atoms with Crippen molar-refractivity contribution in [3.05, 3.63) is 58.8 Å². The van der Waals surface area contributed by atoms with Crippen molar-refractivity contribution in [2.24, 2.45) is 0 Å². The molecule has 6 nitrogen and oxygen atoms in total. The number of rotatable bonds is 10. The molecule has 0 saturated heterocycles. The van der Waals surface area contributed by atoms with E-state index in [2.05, 4.69) is 5.32 Å². The molecule has 154 valence electrons. The molecule has 3 aromatic rings. The Hall–Kier alpha value is -2.70. The number of hydrogen-bond donors (Lipinski definition) is 1. The minimum atomic E-state index is -0.282. The first-order chi connectivity index (χ1) is 14.1. The summed E-state index contributed by atoms with van der Waals surface area (Å²) in [6.07, 6.45) is 1.83. The van der Waals surface area contributed by atoms with Crippen molar-refractivity contribution < 1.29 is 23.4 Å². The Bertz CT molecular complexity index is 969. The Labute approximate surface area is 174 Å². The highest BCUT2D eigenvalue weighted by atomic mass is 35.5. The van der Waals surface area contributed by atoms with Gasteiger partial charge in [0.2, 0.25) is 0 Å². The molecule has 0 amide bonds. The average molecular weight is 418 g/mol. The lowest BCUT2D eigenvalue weighted by Crippen LogP contribution is -2.09. The molecule has 0 fully saturated rings. The van der Waals surface area contributed by atoms with E-state index in [0.29, 0.717) is 36.1 Å². The standard InChI is InChI=1S/C22H24ClNO5/c1-3-27-21(25)10-15-6-4-5-7-20(15)28-13-16-14-29-22-18(16)11-17(23)12-19(22)24-8-9-26-2/h4-7,11-12,14,24H,3,8-10,13H2,1-2H3. The molecule has 29 heavy (non-hydrogen) atoms. The Morgan fingerprint density at radius 2 is 2.03 bits per heavy atom. The van der Waals surface area contributed by atoms with Crippen LogP contribution in [0.5, 0.6) is 5.75 Å². The zero-order valence-corrected chi connectivity index (χ0v) is 17.3. The maximum Gasteiger partial charge on any atom is 0.310 e. The number of carbonyl (C=O) groups excluding carboxylic acids is 1. The molecule has 0 bridgehead atoms. The monoisotopic (exact) mass is 417 g/mol. The summed E-state index contributed by atoms with van der Waals surface area (Å²) in [5, 5.41) is 4.74. The number of para-hydroxylation sites is 1. The zero-order chi connectivity index (χ0) is 20.6. The van der Waals surface area contributed by atoms with E-state index < -0.39 is 0 Å². The van der Waals surface area contributed by atoms with Gasteiger partial charge in [-0.2, -0.15) is 0 Å². The summed E-state index contributed by atoms with van der Waals surface area (Å²) in [6.45, 7) is 3.63. The van der Waals surface area contributed by atoms with E-state index in [9.17, 15) is 4.79 Å². The van der Waals surface area contributed by atoms with Crippen LogP contribution in [0.3, 0.4) is 0 Å². The number of ether oxygens (including phenoxy) is 3. The highest BCUT2D eigenvalue weighted by Crippen LogP contribution is 2.32. The number of benzene rings is 2. The number of carbonyl (C=O) groups is 1. The van der Waals surface area contributed by atoms with Crippen molar-refractivity contribution in [1.29, 1.82) is 0 Å². The number of hydrogen-bond acceptors (Lipinski definition) is 6. The van der Waals surface area contributed by atoms with Crippen LogP contribution in [0.4, 0.5) is 5.69 Å². The Morgan fingerprint density at radius 3 is 2.83 bits per heavy atom.